The standard InChI is InChI=1S/C12H15NO2S2/c1-2-10(12(14)15)17-7-8-4-3-5-9(6-8)11(13)16/h3-6,10H,2,7H2,1H3,(H2,13,16)(H,14,15). The van der Waals surface area contributed by atoms with Crippen molar-refractivity contribution in [3.63, 3.8) is 0 Å². The number of carboxylic acid groups (broad SMARTS) is 1. The number of thiocarbonyl (C=S) groups is 1. The van der Waals surface area contributed by atoms with Crippen LogP contribution in [-0.4, -0.2) is 21.3 Å². The Labute approximate surface area is 110 Å². The molecule has 1 unspecified atom stereocenters. The zero-order valence-corrected chi connectivity index (χ0v) is 11.2. The van der Waals surface area contributed by atoms with Gasteiger partial charge in [0.25, 0.3) is 0 Å². The molecule has 0 bridgehead atoms. The van der Waals surface area contributed by atoms with Crippen molar-refractivity contribution in [2.24, 2.45) is 5.73 Å². The third kappa shape index (κ3) is 4.36. The first-order valence-electron chi connectivity index (χ1n) is 5.27. The molecule has 0 spiro atoms. The Bertz CT molecular complexity index is 421. The number of hydrogen-bond acceptors (Lipinski definition) is 3. The molecule has 0 aliphatic rings. The molecule has 0 radical (unpaired) electrons. The summed E-state index contributed by atoms with van der Waals surface area (Å²) in [7, 11) is 0. The highest BCUT2D eigenvalue weighted by molar-refractivity contribution is 7.99. The van der Waals surface area contributed by atoms with E-state index < -0.39 is 5.97 Å². The van der Waals surface area contributed by atoms with E-state index in [2.05, 4.69) is 0 Å². The van der Waals surface area contributed by atoms with Crippen LogP contribution in [0.25, 0.3) is 0 Å². The summed E-state index contributed by atoms with van der Waals surface area (Å²) in [6.07, 6.45) is 0.620. The molecule has 0 saturated carbocycles. The summed E-state index contributed by atoms with van der Waals surface area (Å²) in [6, 6.07) is 7.59. The highest BCUT2D eigenvalue weighted by Gasteiger charge is 2.15. The highest BCUT2D eigenvalue weighted by atomic mass is 32.2. The number of aliphatic carboxylic acids is 1. The summed E-state index contributed by atoms with van der Waals surface area (Å²) in [6.45, 7) is 1.87. The van der Waals surface area contributed by atoms with E-state index in [1.807, 2.05) is 31.2 Å². The van der Waals surface area contributed by atoms with Crippen molar-refractivity contribution in [2.75, 3.05) is 0 Å². The number of rotatable bonds is 6. The number of carbonyl (C=O) groups is 1. The first-order valence-corrected chi connectivity index (χ1v) is 6.73. The normalized spacial score (nSPS) is 12.1. The number of benzene rings is 1. The van der Waals surface area contributed by atoms with E-state index in [0.29, 0.717) is 17.2 Å². The van der Waals surface area contributed by atoms with Crippen molar-refractivity contribution in [1.82, 2.24) is 0 Å². The summed E-state index contributed by atoms with van der Waals surface area (Å²) >= 11 is 6.32. The lowest BCUT2D eigenvalue weighted by Crippen LogP contribution is -2.15. The third-order valence-corrected chi connectivity index (χ3v) is 3.98. The predicted molar refractivity (Wildman–Crippen MR) is 75.3 cm³/mol. The van der Waals surface area contributed by atoms with Crippen molar-refractivity contribution >= 4 is 34.9 Å². The first kappa shape index (κ1) is 14.0. The van der Waals surface area contributed by atoms with Crippen LogP contribution in [0.15, 0.2) is 24.3 Å². The predicted octanol–water partition coefficient (Wildman–Crippen LogP) is 2.42. The Morgan fingerprint density at radius 2 is 2.29 bits per heavy atom. The largest absolute Gasteiger partial charge is 0.480 e. The van der Waals surface area contributed by atoms with E-state index in [4.69, 9.17) is 23.1 Å². The van der Waals surface area contributed by atoms with Crippen molar-refractivity contribution < 1.29 is 9.90 Å². The van der Waals surface area contributed by atoms with Crippen molar-refractivity contribution in [1.29, 1.82) is 0 Å². The first-order chi connectivity index (χ1) is 8.04. The molecule has 1 aromatic rings. The molecule has 0 aromatic heterocycles. The smallest absolute Gasteiger partial charge is 0.316 e. The fourth-order valence-corrected chi connectivity index (χ4v) is 2.45. The molecule has 5 heteroatoms. The van der Waals surface area contributed by atoms with Crippen LogP contribution in [0.1, 0.15) is 24.5 Å². The van der Waals surface area contributed by atoms with E-state index >= 15 is 0 Å². The molecular formula is C12H15NO2S2. The number of nitrogens with two attached hydrogens (primary N) is 1. The van der Waals surface area contributed by atoms with Crippen LogP contribution in [0, 0.1) is 0 Å². The lowest BCUT2D eigenvalue weighted by Gasteiger charge is -2.09. The van der Waals surface area contributed by atoms with Gasteiger partial charge in [0.05, 0.1) is 0 Å². The van der Waals surface area contributed by atoms with E-state index in [9.17, 15) is 4.79 Å². The van der Waals surface area contributed by atoms with Crippen molar-refractivity contribution in [2.45, 2.75) is 24.3 Å². The molecule has 17 heavy (non-hydrogen) atoms. The molecule has 92 valence electrons. The molecule has 0 fully saturated rings. The van der Waals surface area contributed by atoms with Gasteiger partial charge < -0.3 is 10.8 Å². The molecule has 1 atom stereocenters. The Morgan fingerprint density at radius 3 is 2.82 bits per heavy atom. The zero-order chi connectivity index (χ0) is 12.8. The molecule has 1 rings (SSSR count). The topological polar surface area (TPSA) is 63.3 Å². The summed E-state index contributed by atoms with van der Waals surface area (Å²) in [5.41, 5.74) is 7.41. The van der Waals surface area contributed by atoms with Gasteiger partial charge in [-0.3, -0.25) is 4.79 Å². The van der Waals surface area contributed by atoms with Gasteiger partial charge in [0.2, 0.25) is 0 Å². The minimum Gasteiger partial charge on any atom is -0.480 e. The minimum atomic E-state index is -0.761. The fourth-order valence-electron chi connectivity index (χ4n) is 1.37. The summed E-state index contributed by atoms with van der Waals surface area (Å²) in [5, 5.41) is 8.57. The van der Waals surface area contributed by atoms with Gasteiger partial charge in [0, 0.05) is 11.3 Å². The average molecular weight is 269 g/mol. The van der Waals surface area contributed by atoms with Gasteiger partial charge in [-0.05, 0) is 18.1 Å². The van der Waals surface area contributed by atoms with Crippen LogP contribution in [0.5, 0.6) is 0 Å². The number of carboxylic acids is 1. The van der Waals surface area contributed by atoms with Gasteiger partial charge in [-0.2, -0.15) is 0 Å². The molecule has 3 N–H and O–H groups in total. The maximum Gasteiger partial charge on any atom is 0.316 e. The van der Waals surface area contributed by atoms with Crippen LogP contribution in [0.3, 0.4) is 0 Å². The molecular weight excluding hydrogens is 254 g/mol. The van der Waals surface area contributed by atoms with Crippen LogP contribution < -0.4 is 5.73 Å². The summed E-state index contributed by atoms with van der Waals surface area (Å²) < 4.78 is 0. The van der Waals surface area contributed by atoms with Gasteiger partial charge in [0.1, 0.15) is 10.2 Å². The van der Waals surface area contributed by atoms with Crippen LogP contribution in [-0.2, 0) is 10.5 Å². The summed E-state index contributed by atoms with van der Waals surface area (Å²) in [5.74, 6) is -0.107. The van der Waals surface area contributed by atoms with Gasteiger partial charge >= 0.3 is 5.97 Å². The van der Waals surface area contributed by atoms with Gasteiger partial charge in [-0.25, -0.2) is 0 Å². The van der Waals surface area contributed by atoms with Crippen LogP contribution in [0.4, 0.5) is 0 Å². The molecule has 0 aliphatic carbocycles. The Morgan fingerprint density at radius 1 is 1.59 bits per heavy atom. The molecule has 0 aliphatic heterocycles. The molecule has 3 nitrogen and oxygen atoms in total. The SMILES string of the molecule is CCC(SCc1cccc(C(N)=S)c1)C(=O)O. The summed E-state index contributed by atoms with van der Waals surface area (Å²) in [4.78, 5) is 11.2. The third-order valence-electron chi connectivity index (χ3n) is 2.31. The average Bonchev–Trinajstić information content (AvgIpc) is 2.29. The number of hydrogen-bond donors (Lipinski definition) is 2. The lowest BCUT2D eigenvalue weighted by atomic mass is 10.1. The number of thioether (sulfide) groups is 1. The van der Waals surface area contributed by atoms with Crippen molar-refractivity contribution in [3.05, 3.63) is 35.4 Å². The van der Waals surface area contributed by atoms with Gasteiger partial charge in [0.15, 0.2) is 0 Å². The van der Waals surface area contributed by atoms with Gasteiger partial charge in [-0.15, -0.1) is 11.8 Å². The maximum atomic E-state index is 10.9. The Balaban J connectivity index is 2.66. The molecule has 0 heterocycles. The second-order valence-electron chi connectivity index (χ2n) is 3.61. The highest BCUT2D eigenvalue weighted by Crippen LogP contribution is 2.21. The second kappa shape index (κ2) is 6.61. The van der Waals surface area contributed by atoms with E-state index in [1.54, 1.807) is 0 Å². The lowest BCUT2D eigenvalue weighted by molar-refractivity contribution is -0.136. The maximum absolute atomic E-state index is 10.9. The van der Waals surface area contributed by atoms with Crippen LogP contribution >= 0.6 is 24.0 Å². The van der Waals surface area contributed by atoms with Crippen molar-refractivity contribution in [3.8, 4) is 0 Å². The molecule has 1 aromatic carbocycles. The molecule has 0 saturated heterocycles. The van der Waals surface area contributed by atoms with Crippen LogP contribution in [0.2, 0.25) is 0 Å². The molecule has 0 amide bonds. The Kier molecular flexibility index (Phi) is 5.44. The van der Waals surface area contributed by atoms with E-state index in [0.717, 1.165) is 11.1 Å². The monoisotopic (exact) mass is 269 g/mol. The minimum absolute atomic E-state index is 0.358. The van der Waals surface area contributed by atoms with E-state index in [1.165, 1.54) is 11.8 Å². The fraction of sp³-hybridized carbons (Fsp3) is 0.333. The van der Waals surface area contributed by atoms with E-state index in [-0.39, 0.29) is 5.25 Å². The zero-order valence-electron chi connectivity index (χ0n) is 9.55. The second-order valence-corrected chi connectivity index (χ2v) is 5.24. The Hall–Kier alpha value is -1.07. The van der Waals surface area contributed by atoms with Gasteiger partial charge in [-0.1, -0.05) is 37.3 Å². The quantitative estimate of drug-likeness (QED) is 0.777.